The number of fused-ring (bicyclic) bond motifs is 3. The molecule has 2 aromatic rings. The fraction of sp³-hybridized carbons (Fsp3) is 0.417. The second-order valence-corrected chi connectivity index (χ2v) is 8.61. The van der Waals surface area contributed by atoms with Gasteiger partial charge in [-0.3, -0.25) is 9.59 Å². The fourth-order valence-corrected chi connectivity index (χ4v) is 5.40. The minimum absolute atomic E-state index is 0.0117. The second-order valence-electron chi connectivity index (χ2n) is 8.61. The molecule has 2 aliphatic heterocycles. The molecular formula is C24H25FN2O2. The molecule has 2 saturated heterocycles. The first-order valence-electron chi connectivity index (χ1n) is 10.4. The molecule has 150 valence electrons. The van der Waals surface area contributed by atoms with E-state index in [0.29, 0.717) is 24.2 Å². The predicted molar refractivity (Wildman–Crippen MR) is 109 cm³/mol. The molecule has 4 nitrogen and oxygen atoms in total. The third-order valence-corrected chi connectivity index (χ3v) is 7.01. The molecule has 29 heavy (non-hydrogen) atoms. The highest BCUT2D eigenvalue weighted by Crippen LogP contribution is 2.35. The average molecular weight is 392 g/mol. The molecular weight excluding hydrogens is 367 g/mol. The molecule has 1 aliphatic carbocycles. The van der Waals surface area contributed by atoms with Gasteiger partial charge in [-0.05, 0) is 80.0 Å². The third-order valence-electron chi connectivity index (χ3n) is 7.01. The summed E-state index contributed by atoms with van der Waals surface area (Å²) in [7, 11) is 0. The molecule has 0 N–H and O–H groups in total. The molecule has 0 unspecified atom stereocenters. The van der Waals surface area contributed by atoms with E-state index in [1.165, 1.54) is 22.8 Å². The van der Waals surface area contributed by atoms with E-state index in [9.17, 15) is 14.0 Å². The Morgan fingerprint density at radius 3 is 2.24 bits per heavy atom. The van der Waals surface area contributed by atoms with Gasteiger partial charge in [-0.2, -0.15) is 0 Å². The Morgan fingerprint density at radius 1 is 0.897 bits per heavy atom. The first-order chi connectivity index (χ1) is 14.0. The number of likely N-dealkylation sites (tertiary alicyclic amines) is 2. The molecule has 5 rings (SSSR count). The number of halogens is 1. The van der Waals surface area contributed by atoms with Crippen LogP contribution in [0, 0.1) is 19.7 Å². The fourth-order valence-electron chi connectivity index (χ4n) is 5.40. The van der Waals surface area contributed by atoms with Gasteiger partial charge in [0, 0.05) is 24.2 Å². The van der Waals surface area contributed by atoms with Crippen LogP contribution in [0.1, 0.15) is 55.8 Å². The van der Waals surface area contributed by atoms with Gasteiger partial charge in [0.1, 0.15) is 5.82 Å². The Kier molecular flexibility index (Phi) is 4.23. The molecule has 2 fully saturated rings. The van der Waals surface area contributed by atoms with E-state index in [1.54, 1.807) is 19.1 Å². The lowest BCUT2D eigenvalue weighted by Gasteiger charge is -2.35. The van der Waals surface area contributed by atoms with Gasteiger partial charge >= 0.3 is 0 Å². The molecule has 2 heterocycles. The Bertz CT molecular complexity index is 1030. The zero-order chi connectivity index (χ0) is 20.3. The summed E-state index contributed by atoms with van der Waals surface area (Å²) in [4.78, 5) is 30.1. The topological polar surface area (TPSA) is 40.6 Å². The van der Waals surface area contributed by atoms with Crippen molar-refractivity contribution in [1.29, 1.82) is 0 Å². The number of carbonyl (C=O) groups excluding carboxylic acids is 2. The average Bonchev–Trinajstić information content (AvgIpc) is 3.45. The third kappa shape index (κ3) is 2.78. The number of benzene rings is 2. The van der Waals surface area contributed by atoms with Crippen molar-refractivity contribution >= 4 is 11.8 Å². The molecule has 0 saturated carbocycles. The lowest BCUT2D eigenvalue weighted by atomic mass is 9.98. The van der Waals surface area contributed by atoms with E-state index < -0.39 is 0 Å². The smallest absolute Gasteiger partial charge is 0.254 e. The van der Waals surface area contributed by atoms with Crippen LogP contribution in [0.4, 0.5) is 4.39 Å². The van der Waals surface area contributed by atoms with E-state index in [-0.39, 0.29) is 29.7 Å². The van der Waals surface area contributed by atoms with Crippen LogP contribution in [0.25, 0.3) is 0 Å². The SMILES string of the molecule is Cc1ccc(C(=O)N2C[C@@H]3C[C@H]2CN3C(=O)c2cccc(F)c2C)c2c1CCC2. The van der Waals surface area contributed by atoms with Crippen molar-refractivity contribution in [2.24, 2.45) is 0 Å². The molecule has 2 aromatic carbocycles. The number of aryl methyl sites for hydroxylation is 1. The van der Waals surface area contributed by atoms with Crippen LogP contribution >= 0.6 is 0 Å². The van der Waals surface area contributed by atoms with Crippen molar-refractivity contribution in [1.82, 2.24) is 9.80 Å². The molecule has 2 bridgehead atoms. The first kappa shape index (κ1) is 18.3. The van der Waals surface area contributed by atoms with Gasteiger partial charge in [-0.15, -0.1) is 0 Å². The van der Waals surface area contributed by atoms with Crippen molar-refractivity contribution in [2.45, 2.75) is 51.6 Å². The van der Waals surface area contributed by atoms with E-state index in [0.717, 1.165) is 31.2 Å². The summed E-state index contributed by atoms with van der Waals surface area (Å²) in [5.41, 5.74) is 5.50. The Hall–Kier alpha value is -2.69. The van der Waals surface area contributed by atoms with Crippen LogP contribution in [0.5, 0.6) is 0 Å². The van der Waals surface area contributed by atoms with E-state index >= 15 is 0 Å². The number of hydrogen-bond acceptors (Lipinski definition) is 2. The van der Waals surface area contributed by atoms with Gasteiger partial charge < -0.3 is 9.80 Å². The number of piperazine rings is 1. The summed E-state index contributed by atoms with van der Waals surface area (Å²) in [6.45, 7) is 4.85. The van der Waals surface area contributed by atoms with Crippen molar-refractivity contribution in [2.75, 3.05) is 13.1 Å². The maximum absolute atomic E-state index is 13.9. The molecule has 2 amide bonds. The minimum atomic E-state index is -0.356. The van der Waals surface area contributed by atoms with Crippen molar-refractivity contribution in [3.8, 4) is 0 Å². The summed E-state index contributed by atoms with van der Waals surface area (Å²) in [5, 5.41) is 0. The summed E-state index contributed by atoms with van der Waals surface area (Å²) in [6.07, 6.45) is 3.95. The molecule has 0 radical (unpaired) electrons. The molecule has 3 aliphatic rings. The van der Waals surface area contributed by atoms with Crippen LogP contribution in [-0.2, 0) is 12.8 Å². The Labute approximate surface area is 170 Å². The minimum Gasteiger partial charge on any atom is -0.332 e. The van der Waals surface area contributed by atoms with Gasteiger partial charge in [-0.1, -0.05) is 12.1 Å². The zero-order valence-electron chi connectivity index (χ0n) is 16.9. The summed E-state index contributed by atoms with van der Waals surface area (Å²) in [6, 6.07) is 8.74. The number of carbonyl (C=O) groups is 2. The lowest BCUT2D eigenvalue weighted by Crippen LogP contribution is -2.50. The predicted octanol–water partition coefficient (Wildman–Crippen LogP) is 3.67. The Morgan fingerprint density at radius 2 is 1.55 bits per heavy atom. The van der Waals surface area contributed by atoms with Crippen molar-refractivity contribution in [3.05, 3.63) is 69.5 Å². The molecule has 2 atom stereocenters. The van der Waals surface area contributed by atoms with Gasteiger partial charge in [0.25, 0.3) is 11.8 Å². The maximum atomic E-state index is 13.9. The normalized spacial score (nSPS) is 22.3. The molecule has 0 aromatic heterocycles. The maximum Gasteiger partial charge on any atom is 0.254 e. The van der Waals surface area contributed by atoms with Gasteiger partial charge in [-0.25, -0.2) is 4.39 Å². The Balaban J connectivity index is 1.36. The van der Waals surface area contributed by atoms with E-state index in [1.807, 2.05) is 15.9 Å². The van der Waals surface area contributed by atoms with Gasteiger partial charge in [0.05, 0.1) is 12.1 Å². The summed E-state index contributed by atoms with van der Waals surface area (Å²) >= 11 is 0. The monoisotopic (exact) mass is 392 g/mol. The highest BCUT2D eigenvalue weighted by atomic mass is 19.1. The largest absolute Gasteiger partial charge is 0.332 e. The number of hydrogen-bond donors (Lipinski definition) is 0. The highest BCUT2D eigenvalue weighted by molar-refractivity contribution is 5.98. The second kappa shape index (κ2) is 6.68. The lowest BCUT2D eigenvalue weighted by molar-refractivity contribution is 0.0525. The van der Waals surface area contributed by atoms with Gasteiger partial charge in [0.15, 0.2) is 0 Å². The number of rotatable bonds is 2. The molecule has 0 spiro atoms. The van der Waals surface area contributed by atoms with Crippen molar-refractivity contribution in [3.63, 3.8) is 0 Å². The quantitative estimate of drug-likeness (QED) is 0.782. The van der Waals surface area contributed by atoms with Crippen LogP contribution in [0.15, 0.2) is 30.3 Å². The summed E-state index contributed by atoms with van der Waals surface area (Å²) < 4.78 is 13.9. The van der Waals surface area contributed by atoms with Gasteiger partial charge in [0.2, 0.25) is 0 Å². The zero-order valence-corrected chi connectivity index (χ0v) is 16.9. The van der Waals surface area contributed by atoms with Crippen LogP contribution in [-0.4, -0.2) is 46.8 Å². The first-order valence-corrected chi connectivity index (χ1v) is 10.4. The number of nitrogens with zero attached hydrogens (tertiary/aromatic N) is 2. The summed E-state index contributed by atoms with van der Waals surface area (Å²) in [5.74, 6) is -0.382. The standard InChI is InChI=1S/C24H25FN2O2/c1-14-9-10-21(20-7-3-5-18(14)20)24(29)27-13-16-11-17(27)12-26(16)23(28)19-6-4-8-22(25)15(19)2/h4,6,8-10,16-17H,3,5,7,11-13H2,1-2H3/t16-,17-/m0/s1. The van der Waals surface area contributed by atoms with Crippen LogP contribution < -0.4 is 0 Å². The number of amides is 2. The highest BCUT2D eigenvalue weighted by Gasteiger charge is 2.47. The van der Waals surface area contributed by atoms with Crippen LogP contribution in [0.3, 0.4) is 0 Å². The van der Waals surface area contributed by atoms with Crippen molar-refractivity contribution < 1.29 is 14.0 Å². The van der Waals surface area contributed by atoms with E-state index in [2.05, 4.69) is 13.0 Å². The van der Waals surface area contributed by atoms with Crippen LogP contribution in [0.2, 0.25) is 0 Å². The molecule has 5 heteroatoms. The van der Waals surface area contributed by atoms with E-state index in [4.69, 9.17) is 0 Å².